The predicted octanol–water partition coefficient (Wildman–Crippen LogP) is 4.91. The van der Waals surface area contributed by atoms with E-state index in [1.54, 1.807) is 7.11 Å². The number of nitrogens with one attached hydrogen (secondary N) is 1. The summed E-state index contributed by atoms with van der Waals surface area (Å²) < 4.78 is 7.49. The molecule has 1 N–H and O–H groups in total. The second kappa shape index (κ2) is 9.88. The zero-order valence-electron chi connectivity index (χ0n) is 19.7. The smallest absolute Gasteiger partial charge is 0.222 e. The standard InChI is InChI=1S/C27H26ClN5O2/c1-17-31-32-27-23(15-25(34)29-16-18-6-4-3-5-7-18)30-26(19-8-10-20(28)11-9-19)22-14-21(35-2)12-13-24(22)33(17)27/h3-4,6,8-14,23H,5,7,15-16H2,1-2H3,(H,29,34). The second-order valence-electron chi connectivity index (χ2n) is 8.60. The molecule has 8 heteroatoms. The molecule has 1 aliphatic heterocycles. The zero-order chi connectivity index (χ0) is 24.4. The average molecular weight is 488 g/mol. The minimum Gasteiger partial charge on any atom is -0.497 e. The number of aryl methyl sites for hydroxylation is 1. The van der Waals surface area contributed by atoms with E-state index in [1.807, 2.05) is 60.0 Å². The molecule has 35 heavy (non-hydrogen) atoms. The fourth-order valence-electron chi connectivity index (χ4n) is 4.44. The Balaban J connectivity index is 1.56. The van der Waals surface area contributed by atoms with Gasteiger partial charge in [-0.15, -0.1) is 10.2 Å². The molecular weight excluding hydrogens is 462 g/mol. The highest BCUT2D eigenvalue weighted by molar-refractivity contribution is 6.30. The number of ether oxygens (including phenoxy) is 1. The molecule has 5 rings (SSSR count). The number of hydrogen-bond donors (Lipinski definition) is 1. The monoisotopic (exact) mass is 487 g/mol. The first-order chi connectivity index (χ1) is 17.0. The molecule has 2 aromatic carbocycles. The third-order valence-corrected chi connectivity index (χ3v) is 6.49. The minimum absolute atomic E-state index is 0.0830. The summed E-state index contributed by atoms with van der Waals surface area (Å²) in [6, 6.07) is 12.9. The Labute approximate surface area is 209 Å². The van der Waals surface area contributed by atoms with Gasteiger partial charge < -0.3 is 10.1 Å². The number of amides is 1. The van der Waals surface area contributed by atoms with E-state index in [4.69, 9.17) is 21.3 Å². The fourth-order valence-corrected chi connectivity index (χ4v) is 4.56. The van der Waals surface area contributed by atoms with Crippen molar-refractivity contribution in [3.8, 4) is 11.4 Å². The van der Waals surface area contributed by atoms with Gasteiger partial charge in [-0.05, 0) is 50.1 Å². The molecule has 1 aliphatic carbocycles. The summed E-state index contributed by atoms with van der Waals surface area (Å²) in [6.45, 7) is 2.44. The Morgan fingerprint density at radius 2 is 2.03 bits per heavy atom. The van der Waals surface area contributed by atoms with E-state index in [0.29, 0.717) is 23.1 Å². The molecule has 1 aromatic heterocycles. The van der Waals surface area contributed by atoms with Crippen LogP contribution in [0.4, 0.5) is 0 Å². The van der Waals surface area contributed by atoms with Crippen LogP contribution in [0.3, 0.4) is 0 Å². The SMILES string of the molecule is COc1ccc2c(c1)C(c1ccc(Cl)cc1)=NC(CC(=O)NCC1=CC=CCC1)c1nnc(C)n1-2. The molecule has 178 valence electrons. The molecule has 0 spiro atoms. The third-order valence-electron chi connectivity index (χ3n) is 6.24. The molecular formula is C27H26ClN5O2. The van der Waals surface area contributed by atoms with Crippen LogP contribution < -0.4 is 10.1 Å². The number of nitrogens with zero attached hydrogens (tertiary/aromatic N) is 4. The first-order valence-corrected chi connectivity index (χ1v) is 12.0. The Morgan fingerprint density at radius 1 is 1.20 bits per heavy atom. The summed E-state index contributed by atoms with van der Waals surface area (Å²) in [6.07, 6.45) is 8.36. The molecule has 0 saturated carbocycles. The molecule has 2 heterocycles. The first-order valence-electron chi connectivity index (χ1n) is 11.6. The lowest BCUT2D eigenvalue weighted by atomic mass is 10.00. The van der Waals surface area contributed by atoms with E-state index in [9.17, 15) is 4.79 Å². The number of aromatic nitrogens is 3. The van der Waals surface area contributed by atoms with Crippen LogP contribution in [0.25, 0.3) is 5.69 Å². The van der Waals surface area contributed by atoms with Crippen molar-refractivity contribution in [2.45, 2.75) is 32.2 Å². The van der Waals surface area contributed by atoms with Crippen LogP contribution in [-0.2, 0) is 4.79 Å². The van der Waals surface area contributed by atoms with Crippen LogP contribution in [-0.4, -0.2) is 40.0 Å². The normalized spacial score (nSPS) is 16.5. The second-order valence-corrected chi connectivity index (χ2v) is 9.03. The molecule has 0 fully saturated rings. The summed E-state index contributed by atoms with van der Waals surface area (Å²) >= 11 is 6.16. The van der Waals surface area contributed by atoms with Gasteiger partial charge in [0.25, 0.3) is 0 Å². The number of methoxy groups -OCH3 is 1. The van der Waals surface area contributed by atoms with Crippen molar-refractivity contribution in [2.75, 3.05) is 13.7 Å². The number of benzene rings is 2. The molecule has 0 saturated heterocycles. The topological polar surface area (TPSA) is 81.4 Å². The van der Waals surface area contributed by atoms with Crippen molar-refractivity contribution in [1.82, 2.24) is 20.1 Å². The van der Waals surface area contributed by atoms with E-state index in [2.05, 4.69) is 27.7 Å². The number of carbonyl (C=O) groups excluding carboxylic acids is 1. The number of rotatable bonds is 6. The van der Waals surface area contributed by atoms with Crippen molar-refractivity contribution in [3.63, 3.8) is 0 Å². The maximum atomic E-state index is 13.0. The molecule has 7 nitrogen and oxygen atoms in total. The molecule has 0 radical (unpaired) electrons. The maximum absolute atomic E-state index is 13.0. The van der Waals surface area contributed by atoms with Crippen molar-refractivity contribution in [3.05, 3.63) is 94.1 Å². The highest BCUT2D eigenvalue weighted by Crippen LogP contribution is 2.34. The number of halogens is 1. The fraction of sp³-hybridized carbons (Fsp3) is 0.259. The summed E-state index contributed by atoms with van der Waals surface area (Å²) in [5.74, 6) is 1.99. The number of fused-ring (bicyclic) bond motifs is 3. The summed E-state index contributed by atoms with van der Waals surface area (Å²) in [4.78, 5) is 18.1. The zero-order valence-corrected chi connectivity index (χ0v) is 20.4. The lowest BCUT2D eigenvalue weighted by Gasteiger charge is -2.14. The molecule has 1 amide bonds. The predicted molar refractivity (Wildman–Crippen MR) is 137 cm³/mol. The van der Waals surface area contributed by atoms with Gasteiger partial charge in [0.15, 0.2) is 5.82 Å². The van der Waals surface area contributed by atoms with Crippen molar-refractivity contribution in [1.29, 1.82) is 0 Å². The van der Waals surface area contributed by atoms with Crippen LogP contribution in [0.15, 0.2) is 71.3 Å². The number of carbonyl (C=O) groups is 1. The van der Waals surface area contributed by atoms with E-state index in [1.165, 1.54) is 5.57 Å². The Bertz CT molecular complexity index is 1350. The Morgan fingerprint density at radius 3 is 2.77 bits per heavy atom. The van der Waals surface area contributed by atoms with Gasteiger partial charge in [0, 0.05) is 22.7 Å². The maximum Gasteiger partial charge on any atom is 0.222 e. The molecule has 1 unspecified atom stereocenters. The van der Waals surface area contributed by atoms with Crippen LogP contribution >= 0.6 is 11.6 Å². The largest absolute Gasteiger partial charge is 0.497 e. The molecule has 2 aliphatic rings. The Kier molecular flexibility index (Phi) is 6.51. The number of aliphatic imine (C=N–C) groups is 1. The summed E-state index contributed by atoms with van der Waals surface area (Å²) in [7, 11) is 1.64. The van der Waals surface area contributed by atoms with Crippen molar-refractivity contribution in [2.24, 2.45) is 4.99 Å². The molecule has 1 atom stereocenters. The first kappa shape index (κ1) is 23.1. The van der Waals surface area contributed by atoms with Gasteiger partial charge in [-0.25, -0.2) is 0 Å². The van der Waals surface area contributed by atoms with Gasteiger partial charge in [-0.2, -0.15) is 0 Å². The van der Waals surface area contributed by atoms with Gasteiger partial charge in [0.05, 0.1) is 24.9 Å². The van der Waals surface area contributed by atoms with Gasteiger partial charge in [-0.1, -0.05) is 47.5 Å². The lowest BCUT2D eigenvalue weighted by molar-refractivity contribution is -0.121. The average Bonchev–Trinajstić information content (AvgIpc) is 3.21. The van der Waals surface area contributed by atoms with E-state index in [0.717, 1.165) is 41.2 Å². The van der Waals surface area contributed by atoms with Crippen LogP contribution in [0.5, 0.6) is 5.75 Å². The van der Waals surface area contributed by atoms with Gasteiger partial charge in [-0.3, -0.25) is 14.4 Å². The van der Waals surface area contributed by atoms with Crippen molar-refractivity contribution < 1.29 is 9.53 Å². The number of allylic oxidation sites excluding steroid dienone is 3. The van der Waals surface area contributed by atoms with E-state index in [-0.39, 0.29) is 12.3 Å². The van der Waals surface area contributed by atoms with Gasteiger partial charge in [0.2, 0.25) is 5.91 Å². The van der Waals surface area contributed by atoms with E-state index >= 15 is 0 Å². The van der Waals surface area contributed by atoms with E-state index < -0.39 is 6.04 Å². The minimum atomic E-state index is -0.513. The molecule has 3 aromatic rings. The number of hydrogen-bond acceptors (Lipinski definition) is 5. The summed E-state index contributed by atoms with van der Waals surface area (Å²) in [5, 5.41) is 12.4. The highest BCUT2D eigenvalue weighted by atomic mass is 35.5. The quantitative estimate of drug-likeness (QED) is 0.535. The Hall–Kier alpha value is -3.71. The van der Waals surface area contributed by atoms with Crippen LogP contribution in [0.2, 0.25) is 5.02 Å². The van der Waals surface area contributed by atoms with Gasteiger partial charge in [0.1, 0.15) is 17.6 Å². The third kappa shape index (κ3) is 4.77. The highest BCUT2D eigenvalue weighted by Gasteiger charge is 2.30. The molecule has 0 bridgehead atoms. The lowest BCUT2D eigenvalue weighted by Crippen LogP contribution is -2.27. The van der Waals surface area contributed by atoms with Crippen molar-refractivity contribution >= 4 is 23.2 Å². The van der Waals surface area contributed by atoms with Crippen LogP contribution in [0.1, 0.15) is 48.1 Å². The summed E-state index contributed by atoms with van der Waals surface area (Å²) in [5.41, 5.74) is 4.62. The van der Waals surface area contributed by atoms with Gasteiger partial charge >= 0.3 is 0 Å². The van der Waals surface area contributed by atoms with Crippen LogP contribution in [0, 0.1) is 6.92 Å².